The minimum Gasteiger partial charge on any atom is -0.484 e. The van der Waals surface area contributed by atoms with Gasteiger partial charge in [0, 0.05) is 5.69 Å². The number of aryl methyl sites for hydroxylation is 2. The van der Waals surface area contributed by atoms with Gasteiger partial charge in [0.15, 0.2) is 6.61 Å². The molecule has 0 saturated carbocycles. The molecule has 2 aromatic rings. The van der Waals surface area contributed by atoms with Crippen molar-refractivity contribution in [1.29, 1.82) is 0 Å². The van der Waals surface area contributed by atoms with E-state index in [1.54, 1.807) is 18.2 Å². The first kappa shape index (κ1) is 16.5. The zero-order chi connectivity index (χ0) is 16.8. The third-order valence-electron chi connectivity index (χ3n) is 3.42. The van der Waals surface area contributed by atoms with Crippen LogP contribution in [0.15, 0.2) is 42.5 Å². The van der Waals surface area contributed by atoms with Gasteiger partial charge in [-0.1, -0.05) is 12.1 Å². The highest BCUT2D eigenvalue weighted by atomic mass is 16.5. The number of carbonyl (C=O) groups excluding carboxylic acids is 2. The zero-order valence-corrected chi connectivity index (χ0v) is 13.4. The topological polar surface area (TPSA) is 64.6 Å². The van der Waals surface area contributed by atoms with E-state index in [9.17, 15) is 9.59 Å². The first-order valence-electron chi connectivity index (χ1n) is 7.18. The molecule has 0 spiro atoms. The number of methoxy groups -OCH3 is 1. The number of carbonyl (C=O) groups is 2. The molecule has 0 aliphatic heterocycles. The lowest BCUT2D eigenvalue weighted by Crippen LogP contribution is -2.20. The van der Waals surface area contributed by atoms with Crippen LogP contribution in [0.25, 0.3) is 0 Å². The second kappa shape index (κ2) is 7.45. The van der Waals surface area contributed by atoms with Gasteiger partial charge < -0.3 is 14.8 Å². The second-order valence-corrected chi connectivity index (χ2v) is 5.16. The third-order valence-corrected chi connectivity index (χ3v) is 3.42. The maximum atomic E-state index is 11.9. The van der Waals surface area contributed by atoms with Crippen LogP contribution in [0.4, 0.5) is 5.69 Å². The first-order valence-corrected chi connectivity index (χ1v) is 7.18. The van der Waals surface area contributed by atoms with Crippen molar-refractivity contribution in [2.24, 2.45) is 0 Å². The maximum Gasteiger partial charge on any atom is 0.337 e. The Morgan fingerprint density at radius 2 is 1.83 bits per heavy atom. The van der Waals surface area contributed by atoms with Crippen LogP contribution in [-0.4, -0.2) is 25.6 Å². The highest BCUT2D eigenvalue weighted by molar-refractivity contribution is 5.92. The summed E-state index contributed by atoms with van der Waals surface area (Å²) >= 11 is 0. The molecule has 0 fully saturated rings. The van der Waals surface area contributed by atoms with Crippen molar-refractivity contribution in [2.75, 3.05) is 19.0 Å². The Morgan fingerprint density at radius 1 is 1.04 bits per heavy atom. The summed E-state index contributed by atoms with van der Waals surface area (Å²) in [5.74, 6) is -0.283. The molecule has 23 heavy (non-hydrogen) atoms. The van der Waals surface area contributed by atoms with Gasteiger partial charge in [-0.2, -0.15) is 0 Å². The van der Waals surface area contributed by atoms with Gasteiger partial charge in [0.25, 0.3) is 5.91 Å². The Balaban J connectivity index is 1.94. The van der Waals surface area contributed by atoms with Crippen LogP contribution in [0.2, 0.25) is 0 Å². The number of ether oxygens (including phenoxy) is 2. The molecule has 1 N–H and O–H groups in total. The highest BCUT2D eigenvalue weighted by Crippen LogP contribution is 2.16. The van der Waals surface area contributed by atoms with Gasteiger partial charge in [0.05, 0.1) is 12.7 Å². The van der Waals surface area contributed by atoms with E-state index in [4.69, 9.17) is 4.74 Å². The summed E-state index contributed by atoms with van der Waals surface area (Å²) in [4.78, 5) is 23.4. The first-order chi connectivity index (χ1) is 11.0. The van der Waals surface area contributed by atoms with Crippen LogP contribution in [-0.2, 0) is 9.53 Å². The Labute approximate surface area is 135 Å². The summed E-state index contributed by atoms with van der Waals surface area (Å²) in [6, 6.07) is 12.2. The molecule has 0 saturated heterocycles. The van der Waals surface area contributed by atoms with Gasteiger partial charge in [-0.25, -0.2) is 4.79 Å². The normalized spacial score (nSPS) is 10.0. The van der Waals surface area contributed by atoms with Crippen LogP contribution in [0.5, 0.6) is 5.75 Å². The van der Waals surface area contributed by atoms with E-state index in [0.29, 0.717) is 11.3 Å². The van der Waals surface area contributed by atoms with Gasteiger partial charge in [0.2, 0.25) is 0 Å². The molecule has 5 nitrogen and oxygen atoms in total. The van der Waals surface area contributed by atoms with Crippen molar-refractivity contribution >= 4 is 17.6 Å². The fourth-order valence-corrected chi connectivity index (χ4v) is 2.00. The lowest BCUT2D eigenvalue weighted by atomic mass is 10.1. The molecule has 2 rings (SSSR count). The van der Waals surface area contributed by atoms with Gasteiger partial charge in [-0.15, -0.1) is 0 Å². The van der Waals surface area contributed by atoms with E-state index in [1.807, 2.05) is 32.0 Å². The Bertz CT molecular complexity index is 725. The van der Waals surface area contributed by atoms with E-state index < -0.39 is 5.97 Å². The molecule has 0 aliphatic carbocycles. The second-order valence-electron chi connectivity index (χ2n) is 5.16. The van der Waals surface area contributed by atoms with Crippen molar-refractivity contribution in [3.05, 3.63) is 59.2 Å². The third kappa shape index (κ3) is 4.57. The van der Waals surface area contributed by atoms with Crippen molar-refractivity contribution < 1.29 is 19.1 Å². The molecule has 0 aliphatic rings. The van der Waals surface area contributed by atoms with Gasteiger partial charge in [0.1, 0.15) is 5.75 Å². The van der Waals surface area contributed by atoms with E-state index in [1.165, 1.54) is 18.7 Å². The molecule has 120 valence electrons. The van der Waals surface area contributed by atoms with Crippen LogP contribution in [0.3, 0.4) is 0 Å². The van der Waals surface area contributed by atoms with Crippen LogP contribution in [0, 0.1) is 13.8 Å². The molecule has 0 heterocycles. The number of anilines is 1. The summed E-state index contributed by atoms with van der Waals surface area (Å²) in [7, 11) is 1.31. The summed E-state index contributed by atoms with van der Waals surface area (Å²) in [5, 5.41) is 2.77. The standard InChI is InChI=1S/C18H19NO4/c1-12-7-8-15(9-13(12)2)19-17(20)11-23-16-6-4-5-14(10-16)18(21)22-3/h4-10H,11H2,1-3H3,(H,19,20). The SMILES string of the molecule is COC(=O)c1cccc(OCC(=O)Nc2ccc(C)c(C)c2)c1. The molecule has 0 bridgehead atoms. The van der Waals surface area contributed by atoms with Crippen LogP contribution >= 0.6 is 0 Å². The van der Waals surface area contributed by atoms with Crippen molar-refractivity contribution in [2.45, 2.75) is 13.8 Å². The maximum absolute atomic E-state index is 11.9. The van der Waals surface area contributed by atoms with E-state index in [2.05, 4.69) is 10.1 Å². The minimum absolute atomic E-state index is 0.141. The number of amides is 1. The number of hydrogen-bond acceptors (Lipinski definition) is 4. The van der Waals surface area contributed by atoms with E-state index >= 15 is 0 Å². The molecule has 2 aromatic carbocycles. The van der Waals surface area contributed by atoms with Gasteiger partial charge >= 0.3 is 5.97 Å². The summed E-state index contributed by atoms with van der Waals surface area (Å²) in [6.45, 7) is 3.86. The average Bonchev–Trinajstić information content (AvgIpc) is 2.56. The Kier molecular flexibility index (Phi) is 5.36. The van der Waals surface area contributed by atoms with E-state index in [0.717, 1.165) is 11.3 Å². The minimum atomic E-state index is -0.449. The molecule has 1 amide bonds. The average molecular weight is 313 g/mol. The van der Waals surface area contributed by atoms with E-state index in [-0.39, 0.29) is 12.5 Å². The molecule has 0 unspecified atom stereocenters. The summed E-state index contributed by atoms with van der Waals surface area (Å²) in [5.41, 5.74) is 3.37. The van der Waals surface area contributed by atoms with Crippen LogP contribution < -0.4 is 10.1 Å². The zero-order valence-electron chi connectivity index (χ0n) is 13.4. The quantitative estimate of drug-likeness (QED) is 0.861. The molecule has 0 radical (unpaired) electrons. The predicted molar refractivity (Wildman–Crippen MR) is 87.8 cm³/mol. The predicted octanol–water partition coefficient (Wildman–Crippen LogP) is 3.11. The molecular formula is C18H19NO4. The highest BCUT2D eigenvalue weighted by Gasteiger charge is 2.08. The van der Waals surface area contributed by atoms with Crippen molar-refractivity contribution in [1.82, 2.24) is 0 Å². The monoisotopic (exact) mass is 313 g/mol. The summed E-state index contributed by atoms with van der Waals surface area (Å²) in [6.07, 6.45) is 0. The molecule has 5 heteroatoms. The molecule has 0 aromatic heterocycles. The lowest BCUT2D eigenvalue weighted by Gasteiger charge is -2.09. The van der Waals surface area contributed by atoms with Gasteiger partial charge in [-0.3, -0.25) is 4.79 Å². The fraction of sp³-hybridized carbons (Fsp3) is 0.222. The smallest absolute Gasteiger partial charge is 0.337 e. The Hall–Kier alpha value is -2.82. The number of esters is 1. The molecular weight excluding hydrogens is 294 g/mol. The largest absolute Gasteiger partial charge is 0.484 e. The van der Waals surface area contributed by atoms with Crippen molar-refractivity contribution in [3.63, 3.8) is 0 Å². The van der Waals surface area contributed by atoms with Crippen LogP contribution in [0.1, 0.15) is 21.5 Å². The number of benzene rings is 2. The molecule has 0 atom stereocenters. The lowest BCUT2D eigenvalue weighted by molar-refractivity contribution is -0.118. The Morgan fingerprint density at radius 3 is 2.52 bits per heavy atom. The summed E-state index contributed by atoms with van der Waals surface area (Å²) < 4.78 is 10.1. The fourth-order valence-electron chi connectivity index (χ4n) is 2.00. The van der Waals surface area contributed by atoms with Gasteiger partial charge in [-0.05, 0) is 55.3 Å². The van der Waals surface area contributed by atoms with Crippen molar-refractivity contribution in [3.8, 4) is 5.75 Å². The number of hydrogen-bond donors (Lipinski definition) is 1. The number of nitrogens with one attached hydrogen (secondary N) is 1. The number of rotatable bonds is 5.